The maximum absolute atomic E-state index is 14.6. The molecule has 0 radical (unpaired) electrons. The Kier molecular flexibility index (Phi) is 10.8. The third-order valence-corrected chi connectivity index (χ3v) is 9.69. The molecule has 0 unspecified atom stereocenters. The Bertz CT molecular complexity index is 1800. The number of halogens is 1. The van der Waals surface area contributed by atoms with Gasteiger partial charge in [0.2, 0.25) is 11.8 Å². The number of sulfonamides is 1. The number of hydrogen-bond donors (Lipinski definition) is 1. The summed E-state index contributed by atoms with van der Waals surface area (Å²) in [6.45, 7) is 4.27. The number of benzene rings is 4. The van der Waals surface area contributed by atoms with E-state index in [4.69, 9.17) is 9.47 Å². The fraction of sp³-hybridized carbons (Fsp3) is 0.278. The maximum atomic E-state index is 14.6. The van der Waals surface area contributed by atoms with E-state index in [0.29, 0.717) is 25.3 Å². The minimum absolute atomic E-state index is 0.0594. The molecule has 4 aromatic rings. The monoisotopic (exact) mass is 659 g/mol. The van der Waals surface area contributed by atoms with Crippen LogP contribution in [-0.2, 0) is 32.6 Å². The van der Waals surface area contributed by atoms with E-state index in [9.17, 15) is 22.4 Å². The van der Waals surface area contributed by atoms with Crippen molar-refractivity contribution in [2.75, 3.05) is 30.6 Å². The summed E-state index contributed by atoms with van der Waals surface area (Å²) in [7, 11) is -4.40. The van der Waals surface area contributed by atoms with Crippen molar-refractivity contribution in [1.82, 2.24) is 10.2 Å². The fourth-order valence-corrected chi connectivity index (χ4v) is 6.77. The van der Waals surface area contributed by atoms with Crippen LogP contribution in [0.4, 0.5) is 10.1 Å². The number of ether oxygens (including phenoxy) is 2. The summed E-state index contributed by atoms with van der Waals surface area (Å²) in [6, 6.07) is 25.0. The third kappa shape index (κ3) is 8.10. The number of nitrogens with one attached hydrogen (secondary N) is 1. The lowest BCUT2D eigenvalue weighted by molar-refractivity contribution is -0.140. The largest absolute Gasteiger partial charge is 0.486 e. The molecule has 0 spiro atoms. The van der Waals surface area contributed by atoms with E-state index in [1.54, 1.807) is 0 Å². The van der Waals surface area contributed by atoms with Crippen LogP contribution in [0.1, 0.15) is 30.0 Å². The van der Waals surface area contributed by atoms with E-state index in [1.165, 1.54) is 35.2 Å². The van der Waals surface area contributed by atoms with Crippen LogP contribution in [0.25, 0.3) is 0 Å². The number of carbonyl (C=O) groups is 2. The van der Waals surface area contributed by atoms with Crippen LogP contribution in [0.3, 0.4) is 0 Å². The van der Waals surface area contributed by atoms with Crippen LogP contribution in [0.15, 0.2) is 102 Å². The van der Waals surface area contributed by atoms with Crippen LogP contribution in [0.5, 0.6) is 11.5 Å². The first-order chi connectivity index (χ1) is 22.7. The molecule has 0 saturated heterocycles. The molecule has 9 nitrogen and oxygen atoms in total. The van der Waals surface area contributed by atoms with Gasteiger partial charge >= 0.3 is 0 Å². The molecule has 0 aromatic heterocycles. The molecule has 1 aliphatic rings. The molecular formula is C36H38FN3O6S. The van der Waals surface area contributed by atoms with Gasteiger partial charge in [-0.1, -0.05) is 61.5 Å². The molecule has 1 N–H and O–H groups in total. The van der Waals surface area contributed by atoms with Gasteiger partial charge in [-0.25, -0.2) is 12.8 Å². The van der Waals surface area contributed by atoms with E-state index < -0.39 is 34.3 Å². The summed E-state index contributed by atoms with van der Waals surface area (Å²) in [4.78, 5) is 29.6. The van der Waals surface area contributed by atoms with Crippen LogP contribution >= 0.6 is 0 Å². The number of carbonyl (C=O) groups excluding carboxylic acids is 2. The number of fused-ring (bicyclic) bond motifs is 1. The highest BCUT2D eigenvalue weighted by Gasteiger charge is 2.35. The number of hydrogen-bond acceptors (Lipinski definition) is 6. The zero-order valence-corrected chi connectivity index (χ0v) is 27.2. The highest BCUT2D eigenvalue weighted by atomic mass is 32.2. The summed E-state index contributed by atoms with van der Waals surface area (Å²) in [5.74, 6) is -0.842. The molecule has 5 rings (SSSR count). The number of anilines is 1. The number of aryl methyl sites for hydroxylation is 1. The minimum Gasteiger partial charge on any atom is -0.486 e. The lowest BCUT2D eigenvalue weighted by Gasteiger charge is -2.34. The summed E-state index contributed by atoms with van der Waals surface area (Å²) < 4.78 is 54.7. The van der Waals surface area contributed by atoms with Crippen molar-refractivity contribution in [3.05, 3.63) is 120 Å². The average molecular weight is 660 g/mol. The quantitative estimate of drug-likeness (QED) is 0.210. The normalized spacial score (nSPS) is 13.0. The Morgan fingerprint density at radius 2 is 1.57 bits per heavy atom. The smallest absolute Gasteiger partial charge is 0.264 e. The summed E-state index contributed by atoms with van der Waals surface area (Å²) >= 11 is 0. The van der Waals surface area contributed by atoms with Crippen LogP contribution in [-0.4, -0.2) is 57.5 Å². The Hall–Kier alpha value is -4.90. The van der Waals surface area contributed by atoms with Crippen molar-refractivity contribution in [1.29, 1.82) is 0 Å². The molecule has 11 heteroatoms. The van der Waals surface area contributed by atoms with Crippen molar-refractivity contribution in [3.8, 4) is 11.5 Å². The molecule has 0 saturated carbocycles. The summed E-state index contributed by atoms with van der Waals surface area (Å²) in [5.41, 5.74) is 2.65. The predicted molar refractivity (Wildman–Crippen MR) is 177 cm³/mol. The topological polar surface area (TPSA) is 105 Å². The lowest BCUT2D eigenvalue weighted by atomic mass is 10.0. The highest BCUT2D eigenvalue weighted by Crippen LogP contribution is 2.34. The Morgan fingerprint density at radius 3 is 2.28 bits per heavy atom. The van der Waals surface area contributed by atoms with Crippen LogP contribution in [0.2, 0.25) is 0 Å². The number of nitrogens with zero attached hydrogens (tertiary/aromatic N) is 2. The van der Waals surface area contributed by atoms with Gasteiger partial charge in [0.25, 0.3) is 10.0 Å². The van der Waals surface area contributed by atoms with Gasteiger partial charge in [0.05, 0.1) is 10.6 Å². The zero-order chi connectivity index (χ0) is 33.4. The predicted octanol–water partition coefficient (Wildman–Crippen LogP) is 5.27. The van der Waals surface area contributed by atoms with Gasteiger partial charge in [0.15, 0.2) is 11.5 Å². The Balaban J connectivity index is 1.57. The molecule has 2 amide bonds. The second-order valence-corrected chi connectivity index (χ2v) is 13.1. The molecule has 47 heavy (non-hydrogen) atoms. The van der Waals surface area contributed by atoms with Crippen molar-refractivity contribution in [2.45, 2.75) is 44.2 Å². The van der Waals surface area contributed by atoms with Gasteiger partial charge in [-0.15, -0.1) is 0 Å². The van der Waals surface area contributed by atoms with Crippen molar-refractivity contribution in [2.24, 2.45) is 0 Å². The average Bonchev–Trinajstić information content (AvgIpc) is 3.09. The minimum atomic E-state index is -4.40. The third-order valence-electron chi connectivity index (χ3n) is 7.92. The fourth-order valence-electron chi connectivity index (χ4n) is 5.34. The number of rotatable bonds is 13. The summed E-state index contributed by atoms with van der Waals surface area (Å²) in [5, 5.41) is 2.93. The molecule has 0 bridgehead atoms. The Labute approximate surface area is 275 Å². The van der Waals surface area contributed by atoms with Gasteiger partial charge in [0.1, 0.15) is 31.6 Å². The Morgan fingerprint density at radius 1 is 0.894 bits per heavy atom. The van der Waals surface area contributed by atoms with E-state index in [-0.39, 0.29) is 41.8 Å². The van der Waals surface area contributed by atoms with E-state index in [0.717, 1.165) is 33.1 Å². The molecule has 246 valence electrons. The molecule has 0 fully saturated rings. The lowest BCUT2D eigenvalue weighted by Crippen LogP contribution is -2.53. The zero-order valence-electron chi connectivity index (χ0n) is 26.4. The van der Waals surface area contributed by atoms with Gasteiger partial charge in [-0.2, -0.15) is 0 Å². The van der Waals surface area contributed by atoms with Gasteiger partial charge in [-0.05, 0) is 66.4 Å². The molecule has 0 aliphatic carbocycles. The summed E-state index contributed by atoms with van der Waals surface area (Å²) in [6.07, 6.45) is 0.904. The molecule has 1 aliphatic heterocycles. The van der Waals surface area contributed by atoms with E-state index in [1.807, 2.05) is 68.4 Å². The molecule has 4 aromatic carbocycles. The highest BCUT2D eigenvalue weighted by molar-refractivity contribution is 7.92. The van der Waals surface area contributed by atoms with E-state index >= 15 is 0 Å². The molecule has 1 atom stereocenters. The van der Waals surface area contributed by atoms with Crippen molar-refractivity contribution >= 4 is 27.5 Å². The second kappa shape index (κ2) is 15.1. The SMILES string of the molecule is CCCNC(=O)[C@H](Cc1ccccc1)N(Cc1ccccc1C)C(=O)CN(c1ccc(F)cc1)S(=O)(=O)c1ccc2c(c1)OCCO2. The van der Waals surface area contributed by atoms with Crippen LogP contribution < -0.4 is 19.1 Å². The van der Waals surface area contributed by atoms with Crippen molar-refractivity contribution in [3.63, 3.8) is 0 Å². The molecular weight excluding hydrogens is 621 g/mol. The van der Waals surface area contributed by atoms with Gasteiger partial charge in [-0.3, -0.25) is 13.9 Å². The maximum Gasteiger partial charge on any atom is 0.264 e. The van der Waals surface area contributed by atoms with Crippen LogP contribution in [0, 0.1) is 12.7 Å². The first kappa shape index (κ1) is 33.5. The second-order valence-electron chi connectivity index (χ2n) is 11.2. The molecule has 1 heterocycles. The van der Waals surface area contributed by atoms with Crippen molar-refractivity contribution < 1.29 is 31.9 Å². The van der Waals surface area contributed by atoms with E-state index in [2.05, 4.69) is 5.32 Å². The first-order valence-electron chi connectivity index (χ1n) is 15.5. The van der Waals surface area contributed by atoms with Gasteiger partial charge < -0.3 is 19.7 Å². The van der Waals surface area contributed by atoms with Gasteiger partial charge in [0, 0.05) is 25.6 Å². The number of amides is 2. The first-order valence-corrected chi connectivity index (χ1v) is 16.9. The standard InChI is InChI=1S/C36H38FN3O6S/c1-3-19-38-36(42)32(22-27-10-5-4-6-11-27)39(24-28-12-8-7-9-26(28)2)35(41)25-40(30-15-13-29(37)14-16-30)47(43,44)31-17-18-33-34(23-31)46-21-20-45-33/h4-18,23,32H,3,19-22,24-25H2,1-2H3,(H,38,42)/t32-/m0/s1.